The van der Waals surface area contributed by atoms with Crippen molar-refractivity contribution < 1.29 is 14.8 Å². The number of aliphatic hydroxyl groups excluding tert-OH is 1. The highest BCUT2D eigenvalue weighted by Gasteiger charge is 2.15. The predicted octanol–water partition coefficient (Wildman–Crippen LogP) is 1.96. The molecule has 7 nitrogen and oxygen atoms in total. The zero-order valence-corrected chi connectivity index (χ0v) is 11.2. The van der Waals surface area contributed by atoms with Crippen molar-refractivity contribution in [3.05, 3.63) is 52.1 Å². The summed E-state index contributed by atoms with van der Waals surface area (Å²) in [5.74, 6) is 1.13. The molecule has 0 saturated carbocycles. The maximum absolute atomic E-state index is 10.7. The van der Waals surface area contributed by atoms with E-state index in [1.165, 1.54) is 25.1 Å². The molecule has 0 amide bonds. The first-order valence-electron chi connectivity index (χ1n) is 6.04. The van der Waals surface area contributed by atoms with Crippen molar-refractivity contribution in [2.45, 2.75) is 19.6 Å². The number of rotatable bonds is 5. The number of benzene rings is 1. The van der Waals surface area contributed by atoms with Crippen LogP contribution in [0.3, 0.4) is 0 Å². The third kappa shape index (κ3) is 2.94. The molecule has 0 bridgehead atoms. The highest BCUT2D eigenvalue weighted by atomic mass is 16.6. The van der Waals surface area contributed by atoms with Crippen molar-refractivity contribution in [1.29, 1.82) is 0 Å². The lowest BCUT2D eigenvalue weighted by molar-refractivity contribution is -0.385. The standard InChI is InChI=1S/C13H15N3O4/c1-9(17)11-7-10(16(18)19)3-4-12(11)20-8-13-14-5-6-15(13)2/h3-7,9,17H,8H2,1-2H3. The first-order valence-corrected chi connectivity index (χ1v) is 6.04. The molecule has 0 aliphatic rings. The monoisotopic (exact) mass is 277 g/mol. The van der Waals surface area contributed by atoms with E-state index in [9.17, 15) is 15.2 Å². The number of imidazole rings is 1. The number of hydrogen-bond acceptors (Lipinski definition) is 5. The molecule has 0 aliphatic carbocycles. The molecule has 0 aliphatic heterocycles. The number of aliphatic hydroxyl groups is 1. The van der Waals surface area contributed by atoms with Crippen molar-refractivity contribution in [2.75, 3.05) is 0 Å². The minimum absolute atomic E-state index is 0.0785. The summed E-state index contributed by atoms with van der Waals surface area (Å²) in [6, 6.07) is 4.15. The second kappa shape index (κ2) is 5.70. The minimum Gasteiger partial charge on any atom is -0.485 e. The Balaban J connectivity index is 2.22. The Bertz CT molecular complexity index is 622. The van der Waals surface area contributed by atoms with E-state index in [-0.39, 0.29) is 12.3 Å². The van der Waals surface area contributed by atoms with Crippen LogP contribution in [0.25, 0.3) is 0 Å². The zero-order valence-electron chi connectivity index (χ0n) is 11.2. The van der Waals surface area contributed by atoms with E-state index in [0.29, 0.717) is 11.3 Å². The van der Waals surface area contributed by atoms with Gasteiger partial charge < -0.3 is 14.4 Å². The SMILES string of the molecule is CC(O)c1cc([N+](=O)[O-])ccc1OCc1nccn1C. The highest BCUT2D eigenvalue weighted by Crippen LogP contribution is 2.29. The van der Waals surface area contributed by atoms with Gasteiger partial charge in [0.1, 0.15) is 18.2 Å². The number of aryl methyl sites for hydroxylation is 1. The summed E-state index contributed by atoms with van der Waals surface area (Å²) in [6.45, 7) is 1.76. The Labute approximate surface area is 115 Å². The van der Waals surface area contributed by atoms with Crippen LogP contribution < -0.4 is 4.74 Å². The summed E-state index contributed by atoms with van der Waals surface area (Å²) in [4.78, 5) is 14.4. The number of nitrogens with zero attached hydrogens (tertiary/aromatic N) is 3. The Morgan fingerprint density at radius 2 is 2.30 bits per heavy atom. The van der Waals surface area contributed by atoms with E-state index in [2.05, 4.69) is 4.98 Å². The molecule has 7 heteroatoms. The summed E-state index contributed by atoms with van der Waals surface area (Å²) in [5.41, 5.74) is 0.304. The molecule has 1 heterocycles. The molecule has 106 valence electrons. The van der Waals surface area contributed by atoms with Crippen molar-refractivity contribution in [3.8, 4) is 5.75 Å². The smallest absolute Gasteiger partial charge is 0.270 e. The van der Waals surface area contributed by atoms with Gasteiger partial charge in [-0.1, -0.05) is 0 Å². The number of nitro groups is 1. The number of aromatic nitrogens is 2. The van der Waals surface area contributed by atoms with Crippen LogP contribution in [-0.2, 0) is 13.7 Å². The third-order valence-electron chi connectivity index (χ3n) is 2.93. The predicted molar refractivity (Wildman–Crippen MR) is 71.3 cm³/mol. The summed E-state index contributed by atoms with van der Waals surface area (Å²) in [6.07, 6.45) is 2.60. The molecule has 0 spiro atoms. The van der Waals surface area contributed by atoms with Gasteiger partial charge in [0.05, 0.1) is 11.0 Å². The molecule has 1 aromatic carbocycles. The average Bonchev–Trinajstić information content (AvgIpc) is 2.81. The minimum atomic E-state index is -0.855. The summed E-state index contributed by atoms with van der Waals surface area (Å²) < 4.78 is 7.41. The lowest BCUT2D eigenvalue weighted by Gasteiger charge is -2.13. The van der Waals surface area contributed by atoms with E-state index in [0.717, 1.165) is 5.82 Å². The molecule has 2 rings (SSSR count). The van der Waals surface area contributed by atoms with E-state index < -0.39 is 11.0 Å². The zero-order chi connectivity index (χ0) is 14.7. The topological polar surface area (TPSA) is 90.4 Å². The number of ether oxygens (including phenoxy) is 1. The lowest BCUT2D eigenvalue weighted by atomic mass is 10.1. The van der Waals surface area contributed by atoms with Gasteiger partial charge in [-0.05, 0) is 13.0 Å². The lowest BCUT2D eigenvalue weighted by Crippen LogP contribution is -2.06. The molecular weight excluding hydrogens is 262 g/mol. The van der Waals surface area contributed by atoms with Gasteiger partial charge in [-0.25, -0.2) is 4.98 Å². The Morgan fingerprint density at radius 3 is 2.85 bits per heavy atom. The quantitative estimate of drug-likeness (QED) is 0.666. The normalized spacial score (nSPS) is 12.2. The summed E-state index contributed by atoms with van der Waals surface area (Å²) in [7, 11) is 1.84. The molecule has 1 unspecified atom stereocenters. The van der Waals surface area contributed by atoms with Gasteiger partial charge in [-0.2, -0.15) is 0 Å². The fraction of sp³-hybridized carbons (Fsp3) is 0.308. The number of hydrogen-bond donors (Lipinski definition) is 1. The fourth-order valence-electron chi connectivity index (χ4n) is 1.79. The number of non-ortho nitro benzene ring substituents is 1. The second-order valence-corrected chi connectivity index (χ2v) is 4.40. The maximum atomic E-state index is 10.7. The Hall–Kier alpha value is -2.41. The number of nitro benzene ring substituents is 1. The molecule has 2 aromatic rings. The van der Waals surface area contributed by atoms with Crippen LogP contribution >= 0.6 is 0 Å². The van der Waals surface area contributed by atoms with Crippen molar-refractivity contribution in [2.24, 2.45) is 7.05 Å². The van der Waals surface area contributed by atoms with E-state index in [4.69, 9.17) is 4.74 Å². The fourth-order valence-corrected chi connectivity index (χ4v) is 1.79. The molecule has 1 aromatic heterocycles. The van der Waals surface area contributed by atoms with Crippen LogP contribution in [0.2, 0.25) is 0 Å². The second-order valence-electron chi connectivity index (χ2n) is 4.40. The Kier molecular flexibility index (Phi) is 3.99. The third-order valence-corrected chi connectivity index (χ3v) is 2.93. The van der Waals surface area contributed by atoms with Gasteiger partial charge in [0.2, 0.25) is 0 Å². The molecule has 20 heavy (non-hydrogen) atoms. The van der Waals surface area contributed by atoms with E-state index in [1.807, 2.05) is 11.6 Å². The molecule has 1 atom stereocenters. The first-order chi connectivity index (χ1) is 9.49. The average molecular weight is 277 g/mol. The van der Waals surface area contributed by atoms with Crippen LogP contribution in [0.4, 0.5) is 5.69 Å². The molecule has 1 N–H and O–H groups in total. The first kappa shape index (κ1) is 14.0. The summed E-state index contributed by atoms with van der Waals surface area (Å²) in [5, 5.41) is 20.4. The van der Waals surface area contributed by atoms with Gasteiger partial charge in [0.15, 0.2) is 0 Å². The van der Waals surface area contributed by atoms with Gasteiger partial charge in [0, 0.05) is 37.1 Å². The van der Waals surface area contributed by atoms with Gasteiger partial charge in [0.25, 0.3) is 5.69 Å². The highest BCUT2D eigenvalue weighted by molar-refractivity contribution is 5.44. The van der Waals surface area contributed by atoms with Gasteiger partial charge >= 0.3 is 0 Å². The largest absolute Gasteiger partial charge is 0.485 e. The van der Waals surface area contributed by atoms with Crippen LogP contribution in [0.5, 0.6) is 5.75 Å². The molecule has 0 radical (unpaired) electrons. The van der Waals surface area contributed by atoms with Crippen LogP contribution in [0.1, 0.15) is 24.4 Å². The van der Waals surface area contributed by atoms with Crippen LogP contribution in [0, 0.1) is 10.1 Å². The van der Waals surface area contributed by atoms with E-state index >= 15 is 0 Å². The van der Waals surface area contributed by atoms with Crippen LogP contribution in [0.15, 0.2) is 30.6 Å². The van der Waals surface area contributed by atoms with Gasteiger partial charge in [-0.3, -0.25) is 10.1 Å². The molecule has 0 fully saturated rings. The van der Waals surface area contributed by atoms with Crippen molar-refractivity contribution in [1.82, 2.24) is 9.55 Å². The van der Waals surface area contributed by atoms with Crippen molar-refractivity contribution in [3.63, 3.8) is 0 Å². The van der Waals surface area contributed by atoms with E-state index in [1.54, 1.807) is 12.4 Å². The van der Waals surface area contributed by atoms with Gasteiger partial charge in [-0.15, -0.1) is 0 Å². The summed E-state index contributed by atoms with van der Waals surface area (Å²) >= 11 is 0. The maximum Gasteiger partial charge on any atom is 0.270 e. The molecule has 0 saturated heterocycles. The van der Waals surface area contributed by atoms with Crippen LogP contribution in [-0.4, -0.2) is 19.6 Å². The van der Waals surface area contributed by atoms with Crippen molar-refractivity contribution >= 4 is 5.69 Å². The molecular formula is C13H15N3O4. The Morgan fingerprint density at radius 1 is 1.55 bits per heavy atom.